The second-order valence-electron chi connectivity index (χ2n) is 17.8. The van der Waals surface area contributed by atoms with Crippen molar-refractivity contribution in [3.8, 4) is 11.1 Å². The molecule has 3 unspecified atom stereocenters. The van der Waals surface area contributed by atoms with E-state index < -0.39 is 5.92 Å². The Bertz CT molecular complexity index is 2250. The normalized spacial score (nSPS) is 18.2. The Kier molecular flexibility index (Phi) is 18.1. The molecule has 0 bridgehead atoms. The van der Waals surface area contributed by atoms with Crippen LogP contribution in [0.15, 0.2) is 97.1 Å². The van der Waals surface area contributed by atoms with Crippen molar-refractivity contribution in [2.75, 3.05) is 19.6 Å². The summed E-state index contributed by atoms with van der Waals surface area (Å²) in [6.45, 7) is 10.7. The summed E-state index contributed by atoms with van der Waals surface area (Å²) in [7, 11) is 0. The van der Waals surface area contributed by atoms with Crippen LogP contribution in [0.5, 0.6) is 0 Å². The van der Waals surface area contributed by atoms with Crippen LogP contribution in [0.2, 0.25) is 10.0 Å². The summed E-state index contributed by atoms with van der Waals surface area (Å²) in [4.78, 5) is 41.7. The second kappa shape index (κ2) is 23.9. The monoisotopic (exact) mass is 887 g/mol. The van der Waals surface area contributed by atoms with Crippen molar-refractivity contribution in [2.45, 2.75) is 118 Å². The van der Waals surface area contributed by atoms with Gasteiger partial charge in [-0.3, -0.25) is 14.4 Å². The standard InChI is InChI=1S/C55H67Cl2N3O3/c1-5-7-16-45(52-36-49(57)26-20-39(52)4)28-31-59-54(62)50-29-32-60(55(50)63)37-42-21-23-43(24-22-42)46-17-9-14-40(33-46)12-8-13-41-15-10-18-47(34-41)53(61)58-30-27-44(11-6-2)51-35-48(56)25-19-38(51)3/h9,11,14,16-17,19-26,33,35-36,41,47,50H,5-8,10,12-13,15,18,27-32,34,37H2,1-4H3,(H,58,61)(H,59,62). The van der Waals surface area contributed by atoms with Crippen LogP contribution in [0.3, 0.4) is 0 Å². The number of carbonyl (C=O) groups excluding carboxylic acids is 3. The molecule has 63 heavy (non-hydrogen) atoms. The van der Waals surface area contributed by atoms with E-state index in [1.807, 2.05) is 35.2 Å². The summed E-state index contributed by atoms with van der Waals surface area (Å²) in [6, 6.07) is 29.2. The first-order chi connectivity index (χ1) is 30.5. The van der Waals surface area contributed by atoms with Crippen LogP contribution in [0.4, 0.5) is 0 Å². The summed E-state index contributed by atoms with van der Waals surface area (Å²) in [5.41, 5.74) is 11.8. The van der Waals surface area contributed by atoms with Crippen molar-refractivity contribution in [3.05, 3.63) is 141 Å². The molecule has 1 aliphatic heterocycles. The Morgan fingerprint density at radius 2 is 1.41 bits per heavy atom. The number of allylic oxidation sites excluding steroid dienone is 2. The lowest BCUT2D eigenvalue weighted by molar-refractivity contribution is -0.138. The summed E-state index contributed by atoms with van der Waals surface area (Å²) in [5, 5.41) is 7.76. The number of unbranched alkanes of at least 4 members (excludes halogenated alkanes) is 1. The largest absolute Gasteiger partial charge is 0.356 e. The summed E-state index contributed by atoms with van der Waals surface area (Å²) in [5.74, 6) is -0.0517. The topological polar surface area (TPSA) is 78.5 Å². The summed E-state index contributed by atoms with van der Waals surface area (Å²) >= 11 is 12.6. The quantitative estimate of drug-likeness (QED) is 0.0868. The van der Waals surface area contributed by atoms with Gasteiger partial charge in [0.1, 0.15) is 5.92 Å². The van der Waals surface area contributed by atoms with Crippen LogP contribution >= 0.6 is 23.2 Å². The van der Waals surface area contributed by atoms with Crippen LogP contribution < -0.4 is 10.6 Å². The van der Waals surface area contributed by atoms with Gasteiger partial charge in [0.15, 0.2) is 0 Å². The number of hydrogen-bond donors (Lipinski definition) is 2. The number of hydrogen-bond acceptors (Lipinski definition) is 3. The highest BCUT2D eigenvalue weighted by molar-refractivity contribution is 6.31. The fourth-order valence-electron chi connectivity index (χ4n) is 9.50. The van der Waals surface area contributed by atoms with Crippen molar-refractivity contribution in [2.24, 2.45) is 17.8 Å². The molecular formula is C55H67Cl2N3O3. The molecule has 1 saturated carbocycles. The molecule has 8 heteroatoms. The van der Waals surface area contributed by atoms with Crippen LogP contribution in [0.25, 0.3) is 22.3 Å². The second-order valence-corrected chi connectivity index (χ2v) is 18.6. The molecule has 6 nitrogen and oxygen atoms in total. The zero-order valence-corrected chi connectivity index (χ0v) is 39.4. The van der Waals surface area contributed by atoms with Gasteiger partial charge in [-0.25, -0.2) is 0 Å². The molecule has 2 aliphatic rings. The SMILES string of the molecule is CCC=C(CCNC(=O)C1CCCC(CCCc2cccc(-c3ccc(CN4CCC(C(=O)NCCC(=CCCC)c5cc(Cl)ccc5C)C4=O)cc3)c2)C1)c1cc(Cl)ccc1C. The zero-order valence-electron chi connectivity index (χ0n) is 37.9. The molecule has 3 amide bonds. The van der Waals surface area contributed by atoms with Crippen LogP contribution in [-0.2, 0) is 27.3 Å². The van der Waals surface area contributed by atoms with E-state index in [0.29, 0.717) is 50.0 Å². The van der Waals surface area contributed by atoms with E-state index in [1.165, 1.54) is 39.8 Å². The van der Waals surface area contributed by atoms with Gasteiger partial charge in [-0.15, -0.1) is 0 Å². The summed E-state index contributed by atoms with van der Waals surface area (Å²) < 4.78 is 0. The third-order valence-electron chi connectivity index (χ3n) is 13.0. The number of aryl methyl sites for hydroxylation is 3. The van der Waals surface area contributed by atoms with Gasteiger partial charge < -0.3 is 15.5 Å². The first-order valence-corrected chi connectivity index (χ1v) is 24.2. The van der Waals surface area contributed by atoms with E-state index >= 15 is 0 Å². The first-order valence-electron chi connectivity index (χ1n) is 23.5. The Morgan fingerprint density at radius 3 is 2.08 bits per heavy atom. The number of likely N-dealkylation sites (tertiary alicyclic amines) is 1. The molecule has 0 spiro atoms. The smallest absolute Gasteiger partial charge is 0.235 e. The molecule has 4 aromatic rings. The molecule has 6 rings (SSSR count). The average molecular weight is 889 g/mol. The molecule has 2 fully saturated rings. The predicted octanol–water partition coefficient (Wildman–Crippen LogP) is 13.1. The van der Waals surface area contributed by atoms with Gasteiger partial charge in [0.25, 0.3) is 0 Å². The highest BCUT2D eigenvalue weighted by atomic mass is 35.5. The highest BCUT2D eigenvalue weighted by Crippen LogP contribution is 2.34. The first kappa shape index (κ1) is 47.8. The molecule has 1 saturated heterocycles. The number of carbonyl (C=O) groups is 3. The Balaban J connectivity index is 0.926. The average Bonchev–Trinajstić information content (AvgIpc) is 3.65. The minimum absolute atomic E-state index is 0.0960. The number of rotatable bonds is 20. The van der Waals surface area contributed by atoms with Crippen LogP contribution in [-0.4, -0.2) is 42.3 Å². The highest BCUT2D eigenvalue weighted by Gasteiger charge is 2.36. The molecule has 1 aliphatic carbocycles. The lowest BCUT2D eigenvalue weighted by Gasteiger charge is -2.28. The van der Waals surface area contributed by atoms with E-state index in [0.717, 1.165) is 91.5 Å². The molecule has 1 heterocycles. The van der Waals surface area contributed by atoms with E-state index in [2.05, 4.69) is 105 Å². The molecule has 0 radical (unpaired) electrons. The maximum Gasteiger partial charge on any atom is 0.235 e. The molecule has 2 N–H and O–H groups in total. The molecule has 3 atom stereocenters. The number of amides is 3. The number of halogens is 2. The van der Waals surface area contributed by atoms with Gasteiger partial charge in [-0.2, -0.15) is 0 Å². The molecule has 334 valence electrons. The maximum absolute atomic E-state index is 13.4. The summed E-state index contributed by atoms with van der Waals surface area (Å²) in [6.07, 6.45) is 17.0. The third-order valence-corrected chi connectivity index (χ3v) is 13.5. The van der Waals surface area contributed by atoms with Gasteiger partial charge in [0, 0.05) is 42.1 Å². The van der Waals surface area contributed by atoms with Crippen molar-refractivity contribution >= 4 is 52.1 Å². The molecule has 4 aromatic carbocycles. The number of nitrogens with one attached hydrogen (secondary N) is 2. The van der Waals surface area contributed by atoms with E-state index in [-0.39, 0.29) is 23.6 Å². The van der Waals surface area contributed by atoms with Crippen molar-refractivity contribution in [1.29, 1.82) is 0 Å². The number of benzene rings is 4. The van der Waals surface area contributed by atoms with Gasteiger partial charge in [-0.1, -0.05) is 136 Å². The van der Waals surface area contributed by atoms with E-state index in [1.54, 1.807) is 0 Å². The number of nitrogens with zero attached hydrogens (tertiary/aromatic N) is 1. The zero-order chi connectivity index (χ0) is 44.7. The van der Waals surface area contributed by atoms with Crippen molar-refractivity contribution < 1.29 is 14.4 Å². The van der Waals surface area contributed by atoms with Crippen LogP contribution in [0.1, 0.15) is 124 Å². The fourth-order valence-corrected chi connectivity index (χ4v) is 9.85. The fraction of sp³-hybridized carbons (Fsp3) is 0.436. The van der Waals surface area contributed by atoms with Gasteiger partial charge >= 0.3 is 0 Å². The predicted molar refractivity (Wildman–Crippen MR) is 263 cm³/mol. The molecular weight excluding hydrogens is 822 g/mol. The Morgan fingerprint density at radius 1 is 0.746 bits per heavy atom. The lowest BCUT2D eigenvalue weighted by Crippen LogP contribution is -2.37. The van der Waals surface area contributed by atoms with Gasteiger partial charge in [-0.05, 0) is 157 Å². The molecule has 0 aromatic heterocycles. The minimum Gasteiger partial charge on any atom is -0.356 e. The van der Waals surface area contributed by atoms with Crippen molar-refractivity contribution in [1.82, 2.24) is 15.5 Å². The van der Waals surface area contributed by atoms with Gasteiger partial charge in [0.05, 0.1) is 0 Å². The maximum atomic E-state index is 13.4. The Labute approximate surface area is 386 Å². The van der Waals surface area contributed by atoms with E-state index in [9.17, 15) is 14.4 Å². The van der Waals surface area contributed by atoms with Crippen LogP contribution in [0, 0.1) is 31.6 Å². The third kappa shape index (κ3) is 13.7. The Hall–Kier alpha value is -4.65. The van der Waals surface area contributed by atoms with E-state index in [4.69, 9.17) is 23.2 Å². The van der Waals surface area contributed by atoms with Gasteiger partial charge in [0.2, 0.25) is 17.7 Å². The minimum atomic E-state index is -0.648. The lowest BCUT2D eigenvalue weighted by atomic mass is 9.78. The van der Waals surface area contributed by atoms with Crippen molar-refractivity contribution in [3.63, 3.8) is 0 Å².